The second kappa shape index (κ2) is 7.51. The van der Waals surface area contributed by atoms with Crippen LogP contribution >= 0.6 is 0 Å². The standard InChI is InChI=1S/C23H33NO2Si/c1-22(2,3)27(5,6)26-23(4)17-21(20-15-11-8-12-16-20)24(25-23)18-19-13-9-7-10-14-19/h7-16,21H,17-18H2,1-6H3/t21-,23-/m1/s1. The predicted octanol–water partition coefficient (Wildman–Crippen LogP) is 6.30. The van der Waals surface area contributed by atoms with Crippen LogP contribution in [0.1, 0.15) is 51.3 Å². The highest BCUT2D eigenvalue weighted by molar-refractivity contribution is 6.74. The van der Waals surface area contributed by atoms with Crippen LogP contribution in [0, 0.1) is 0 Å². The third kappa shape index (κ3) is 4.69. The van der Waals surface area contributed by atoms with E-state index in [4.69, 9.17) is 9.26 Å². The van der Waals surface area contributed by atoms with E-state index in [1.54, 1.807) is 0 Å². The highest BCUT2D eigenvalue weighted by atomic mass is 28.4. The largest absolute Gasteiger partial charge is 0.389 e. The minimum atomic E-state index is -1.95. The van der Waals surface area contributed by atoms with Crippen molar-refractivity contribution < 1.29 is 9.26 Å². The molecule has 0 bridgehead atoms. The Labute approximate surface area is 165 Å². The van der Waals surface area contributed by atoms with Gasteiger partial charge in [-0.15, -0.1) is 0 Å². The Kier molecular flexibility index (Phi) is 5.64. The molecule has 1 aliphatic heterocycles. The predicted molar refractivity (Wildman–Crippen MR) is 114 cm³/mol. The van der Waals surface area contributed by atoms with Gasteiger partial charge in [0, 0.05) is 13.0 Å². The monoisotopic (exact) mass is 383 g/mol. The summed E-state index contributed by atoms with van der Waals surface area (Å²) < 4.78 is 6.75. The number of hydrogen-bond donors (Lipinski definition) is 0. The van der Waals surface area contributed by atoms with Gasteiger partial charge in [-0.05, 0) is 36.2 Å². The van der Waals surface area contributed by atoms with E-state index in [1.807, 2.05) is 6.07 Å². The van der Waals surface area contributed by atoms with Crippen molar-refractivity contribution in [2.75, 3.05) is 0 Å². The Balaban J connectivity index is 1.86. The van der Waals surface area contributed by atoms with Crippen molar-refractivity contribution in [3.8, 4) is 0 Å². The quantitative estimate of drug-likeness (QED) is 0.565. The molecule has 0 saturated carbocycles. The molecule has 2 aromatic carbocycles. The Morgan fingerprint density at radius 2 is 1.59 bits per heavy atom. The van der Waals surface area contributed by atoms with Crippen LogP contribution in [0.15, 0.2) is 60.7 Å². The summed E-state index contributed by atoms with van der Waals surface area (Å²) in [5.41, 5.74) is 2.52. The van der Waals surface area contributed by atoms with Crippen molar-refractivity contribution in [3.63, 3.8) is 0 Å². The maximum atomic E-state index is 6.75. The van der Waals surface area contributed by atoms with Crippen molar-refractivity contribution in [2.45, 2.75) is 70.6 Å². The Morgan fingerprint density at radius 1 is 1.04 bits per heavy atom. The fourth-order valence-electron chi connectivity index (χ4n) is 3.42. The van der Waals surface area contributed by atoms with Crippen molar-refractivity contribution in [1.29, 1.82) is 0 Å². The van der Waals surface area contributed by atoms with Crippen molar-refractivity contribution in [2.24, 2.45) is 0 Å². The van der Waals surface area contributed by atoms with Crippen LogP contribution < -0.4 is 0 Å². The lowest BCUT2D eigenvalue weighted by molar-refractivity contribution is -0.275. The average Bonchev–Trinajstić information content (AvgIpc) is 2.91. The van der Waals surface area contributed by atoms with Gasteiger partial charge < -0.3 is 4.43 Å². The molecule has 3 rings (SSSR count). The number of hydrogen-bond acceptors (Lipinski definition) is 3. The van der Waals surface area contributed by atoms with Gasteiger partial charge in [0.25, 0.3) is 0 Å². The lowest BCUT2D eigenvalue weighted by Crippen LogP contribution is -2.48. The molecule has 1 heterocycles. The lowest BCUT2D eigenvalue weighted by Gasteiger charge is -2.41. The normalized spacial score (nSPS) is 24.3. The van der Waals surface area contributed by atoms with E-state index in [1.165, 1.54) is 11.1 Å². The molecule has 2 atom stereocenters. The molecule has 1 fully saturated rings. The molecule has 146 valence electrons. The average molecular weight is 384 g/mol. The van der Waals surface area contributed by atoms with Crippen LogP contribution in [0.4, 0.5) is 0 Å². The van der Waals surface area contributed by atoms with E-state index < -0.39 is 14.1 Å². The first-order valence-electron chi connectivity index (χ1n) is 9.84. The van der Waals surface area contributed by atoms with Gasteiger partial charge in [0.2, 0.25) is 0 Å². The topological polar surface area (TPSA) is 21.7 Å². The fourth-order valence-corrected chi connectivity index (χ4v) is 4.93. The molecule has 3 nitrogen and oxygen atoms in total. The molecule has 0 aromatic heterocycles. The highest BCUT2D eigenvalue weighted by Crippen LogP contribution is 2.46. The first-order valence-corrected chi connectivity index (χ1v) is 12.8. The fraction of sp³-hybridized carbons (Fsp3) is 0.478. The number of nitrogens with zero attached hydrogens (tertiary/aromatic N) is 1. The van der Waals surface area contributed by atoms with Crippen molar-refractivity contribution in [1.82, 2.24) is 5.06 Å². The SMILES string of the molecule is CC(C)(C)[Si](C)(C)O[C@]1(C)C[C@H](c2ccccc2)N(Cc2ccccc2)O1. The van der Waals surface area contributed by atoms with Crippen LogP contribution in [0.5, 0.6) is 0 Å². The summed E-state index contributed by atoms with van der Waals surface area (Å²) in [7, 11) is -1.95. The zero-order valence-electron chi connectivity index (χ0n) is 17.5. The number of hydroxylamine groups is 2. The smallest absolute Gasteiger partial charge is 0.195 e. The van der Waals surface area contributed by atoms with Gasteiger partial charge in [0.15, 0.2) is 14.1 Å². The van der Waals surface area contributed by atoms with Crippen LogP contribution in [0.3, 0.4) is 0 Å². The third-order valence-electron chi connectivity index (χ3n) is 5.86. The van der Waals surface area contributed by atoms with E-state index in [-0.39, 0.29) is 11.1 Å². The minimum absolute atomic E-state index is 0.147. The molecule has 0 aliphatic carbocycles. The van der Waals surface area contributed by atoms with E-state index >= 15 is 0 Å². The maximum absolute atomic E-state index is 6.75. The first kappa shape index (κ1) is 20.3. The summed E-state index contributed by atoms with van der Waals surface area (Å²) in [6, 6.07) is 21.3. The van der Waals surface area contributed by atoms with Gasteiger partial charge in [0.05, 0.1) is 6.04 Å². The number of benzene rings is 2. The lowest BCUT2D eigenvalue weighted by atomic mass is 10.0. The van der Waals surface area contributed by atoms with Crippen molar-refractivity contribution >= 4 is 8.32 Å². The minimum Gasteiger partial charge on any atom is -0.389 e. The van der Waals surface area contributed by atoms with Gasteiger partial charge in [-0.3, -0.25) is 4.84 Å². The molecule has 0 spiro atoms. The second-order valence-corrected chi connectivity index (χ2v) is 14.0. The number of rotatable bonds is 5. The molecular formula is C23H33NO2Si. The molecule has 1 aliphatic rings. The first-order chi connectivity index (χ1) is 12.6. The zero-order valence-corrected chi connectivity index (χ0v) is 18.5. The van der Waals surface area contributed by atoms with E-state index in [0.29, 0.717) is 0 Å². The summed E-state index contributed by atoms with van der Waals surface area (Å²) in [5.74, 6) is -0.599. The van der Waals surface area contributed by atoms with Crippen LogP contribution in [-0.4, -0.2) is 19.2 Å². The van der Waals surface area contributed by atoms with E-state index in [9.17, 15) is 0 Å². The van der Waals surface area contributed by atoms with E-state index in [2.05, 4.69) is 100 Å². The molecule has 0 amide bonds. The zero-order chi connectivity index (χ0) is 19.7. The molecule has 4 heteroatoms. The summed E-state index contributed by atoms with van der Waals surface area (Å²) in [6.07, 6.45) is 0.830. The third-order valence-corrected chi connectivity index (χ3v) is 10.4. The summed E-state index contributed by atoms with van der Waals surface area (Å²) in [5, 5.41) is 2.26. The molecule has 27 heavy (non-hydrogen) atoms. The Morgan fingerprint density at radius 3 is 2.15 bits per heavy atom. The molecule has 2 aromatic rings. The van der Waals surface area contributed by atoms with Gasteiger partial charge >= 0.3 is 0 Å². The summed E-state index contributed by atoms with van der Waals surface area (Å²) >= 11 is 0. The van der Waals surface area contributed by atoms with Crippen LogP contribution in [-0.2, 0) is 15.8 Å². The van der Waals surface area contributed by atoms with Gasteiger partial charge in [0.1, 0.15) is 0 Å². The molecule has 1 saturated heterocycles. The highest BCUT2D eigenvalue weighted by Gasteiger charge is 2.50. The van der Waals surface area contributed by atoms with Crippen LogP contribution in [0.2, 0.25) is 18.1 Å². The van der Waals surface area contributed by atoms with Crippen LogP contribution in [0.25, 0.3) is 0 Å². The van der Waals surface area contributed by atoms with Gasteiger partial charge in [-0.1, -0.05) is 81.4 Å². The molecule has 0 N–H and O–H groups in total. The molecule has 0 unspecified atom stereocenters. The second-order valence-electron chi connectivity index (χ2n) is 9.28. The maximum Gasteiger partial charge on any atom is 0.195 e. The molecular weight excluding hydrogens is 350 g/mol. The van der Waals surface area contributed by atoms with Gasteiger partial charge in [-0.25, -0.2) is 0 Å². The van der Waals surface area contributed by atoms with Gasteiger partial charge in [-0.2, -0.15) is 5.06 Å². The summed E-state index contributed by atoms with van der Waals surface area (Å²) in [6.45, 7) is 14.2. The Bertz CT molecular complexity index is 742. The van der Waals surface area contributed by atoms with E-state index in [0.717, 1.165) is 13.0 Å². The Hall–Kier alpha value is -1.46. The van der Waals surface area contributed by atoms with Crippen molar-refractivity contribution in [3.05, 3.63) is 71.8 Å². The molecule has 0 radical (unpaired) electrons. The summed E-state index contributed by atoms with van der Waals surface area (Å²) in [4.78, 5) is 6.50.